The molecule has 0 atom stereocenters. The molecule has 2 nitrogen and oxygen atoms in total. The van der Waals surface area contributed by atoms with Crippen molar-refractivity contribution in [2.45, 2.75) is 6.92 Å². The first-order chi connectivity index (χ1) is 3.27. The fourth-order valence-corrected chi connectivity index (χ4v) is 0.222. The molecule has 0 aromatic carbocycles. The molecule has 7 heavy (non-hydrogen) atoms. The Kier molecular flexibility index (Phi) is 3.02. The van der Waals surface area contributed by atoms with Crippen molar-refractivity contribution < 1.29 is 4.68 Å². The number of hydrogen-bond acceptors (Lipinski definition) is 1. The molecule has 0 aliphatic heterocycles. The summed E-state index contributed by atoms with van der Waals surface area (Å²) < 4.78 is 1.50. The summed E-state index contributed by atoms with van der Waals surface area (Å²) in [4.78, 5) is 0. The molecule has 40 valence electrons. The topological polar surface area (TPSA) is 29.0 Å². The van der Waals surface area contributed by atoms with E-state index in [2.05, 4.69) is 0 Å². The van der Waals surface area contributed by atoms with Crippen LogP contribution in [0.3, 0.4) is 0 Å². The van der Waals surface area contributed by atoms with E-state index in [1.165, 1.54) is 4.68 Å². The highest BCUT2D eigenvalue weighted by atomic mass is 15.3. The average molecular weight is 99.2 g/mol. The normalized spacial score (nSPS) is 13.1. The largest absolute Gasteiger partial charge is 0.211 e. The van der Waals surface area contributed by atoms with Crippen LogP contribution in [0.1, 0.15) is 6.92 Å². The van der Waals surface area contributed by atoms with Gasteiger partial charge in [-0.1, -0.05) is 6.08 Å². The molecule has 0 saturated heterocycles. The molecule has 0 fully saturated rings. The number of nitrogens with two attached hydrogens (primary N) is 1. The molecule has 0 radical (unpaired) electrons. The van der Waals surface area contributed by atoms with Gasteiger partial charge in [0.2, 0.25) is 0 Å². The first-order valence-corrected chi connectivity index (χ1v) is 2.21. The Morgan fingerprint density at radius 2 is 2.14 bits per heavy atom. The van der Waals surface area contributed by atoms with E-state index in [-0.39, 0.29) is 0 Å². The van der Waals surface area contributed by atoms with Crippen molar-refractivity contribution in [2.24, 2.45) is 5.84 Å². The molecule has 0 unspecified atom stereocenters. The second kappa shape index (κ2) is 3.40. The summed E-state index contributed by atoms with van der Waals surface area (Å²) in [5, 5.41) is 0. The Balaban J connectivity index is 3.46. The van der Waals surface area contributed by atoms with Gasteiger partial charge in [0.1, 0.15) is 0 Å². The fraction of sp³-hybridized carbons (Fsp3) is 0.400. The van der Waals surface area contributed by atoms with Crippen LogP contribution in [-0.4, -0.2) is 17.9 Å². The minimum Gasteiger partial charge on any atom is -0.211 e. The van der Waals surface area contributed by atoms with E-state index in [0.717, 1.165) is 0 Å². The Bertz CT molecular complexity index is 88.3. The fourth-order valence-electron chi connectivity index (χ4n) is 0.222. The summed E-state index contributed by atoms with van der Waals surface area (Å²) in [6, 6.07) is 0. The maximum Gasteiger partial charge on any atom is 0.192 e. The molecular formula is C5H11N2+. The summed E-state index contributed by atoms with van der Waals surface area (Å²) in [5.41, 5.74) is 0. The van der Waals surface area contributed by atoms with Gasteiger partial charge in [0.15, 0.2) is 13.3 Å². The number of hydrazone groups is 1. The Hall–Kier alpha value is -0.790. The van der Waals surface area contributed by atoms with Crippen molar-refractivity contribution in [3.05, 3.63) is 12.2 Å². The van der Waals surface area contributed by atoms with Crippen LogP contribution < -0.4 is 5.84 Å². The van der Waals surface area contributed by atoms with E-state index >= 15 is 0 Å². The second-order valence-corrected chi connectivity index (χ2v) is 1.34. The van der Waals surface area contributed by atoms with Crippen molar-refractivity contribution in [3.63, 3.8) is 0 Å². The zero-order valence-electron chi connectivity index (χ0n) is 4.76. The number of hydrazine groups is 1. The zero-order chi connectivity index (χ0) is 5.70. The number of rotatable bonds is 1. The van der Waals surface area contributed by atoms with Crippen LogP contribution in [0.5, 0.6) is 0 Å². The van der Waals surface area contributed by atoms with Crippen LogP contribution in [0, 0.1) is 0 Å². The van der Waals surface area contributed by atoms with Gasteiger partial charge in [0.25, 0.3) is 0 Å². The number of nitrogens with zero attached hydrogens (tertiary/aromatic N) is 1. The molecule has 0 saturated carbocycles. The summed E-state index contributed by atoms with van der Waals surface area (Å²) in [6.45, 7) is 1.94. The maximum absolute atomic E-state index is 5.20. The molecule has 0 aliphatic rings. The molecule has 0 aliphatic carbocycles. The molecule has 2 heteroatoms. The van der Waals surface area contributed by atoms with E-state index < -0.39 is 0 Å². The van der Waals surface area contributed by atoms with E-state index in [0.29, 0.717) is 0 Å². The van der Waals surface area contributed by atoms with E-state index in [9.17, 15) is 0 Å². The first-order valence-electron chi connectivity index (χ1n) is 2.21. The summed E-state index contributed by atoms with van der Waals surface area (Å²) in [6.07, 6.45) is 5.57. The van der Waals surface area contributed by atoms with Crippen LogP contribution in [0.15, 0.2) is 12.2 Å². The third-order valence-corrected chi connectivity index (χ3v) is 0.514. The average Bonchev–Trinajstić information content (AvgIpc) is 1.61. The predicted molar refractivity (Wildman–Crippen MR) is 31.2 cm³/mol. The van der Waals surface area contributed by atoms with Gasteiger partial charge in [-0.3, -0.25) is 0 Å². The number of allylic oxidation sites excluding steroid dienone is 2. The minimum absolute atomic E-state index is 1.50. The lowest BCUT2D eigenvalue weighted by atomic mass is 10.6. The molecule has 0 bridgehead atoms. The Morgan fingerprint density at radius 1 is 1.57 bits per heavy atom. The second-order valence-electron chi connectivity index (χ2n) is 1.34. The van der Waals surface area contributed by atoms with Gasteiger partial charge in [0, 0.05) is 0 Å². The van der Waals surface area contributed by atoms with Crippen LogP contribution in [0.25, 0.3) is 0 Å². The van der Waals surface area contributed by atoms with Gasteiger partial charge in [-0.25, -0.2) is 5.84 Å². The van der Waals surface area contributed by atoms with Gasteiger partial charge < -0.3 is 0 Å². The standard InChI is InChI=1S/C5H11N2/c1-3-4-5-7(2)6/h3-5H,6H2,1-2H3/q+1/b4-3-,7-5-. The van der Waals surface area contributed by atoms with Crippen LogP contribution >= 0.6 is 0 Å². The number of hydrogen-bond donors (Lipinski definition) is 1. The van der Waals surface area contributed by atoms with Crippen molar-refractivity contribution in [2.75, 3.05) is 7.05 Å². The van der Waals surface area contributed by atoms with Gasteiger partial charge >= 0.3 is 0 Å². The monoisotopic (exact) mass is 99.1 g/mol. The van der Waals surface area contributed by atoms with Crippen molar-refractivity contribution in [1.82, 2.24) is 0 Å². The summed E-state index contributed by atoms with van der Waals surface area (Å²) in [5.74, 6) is 5.20. The van der Waals surface area contributed by atoms with Crippen molar-refractivity contribution in [1.29, 1.82) is 0 Å². The molecule has 0 amide bonds. The molecule has 0 rings (SSSR count). The molecule has 0 aromatic rings. The first kappa shape index (κ1) is 6.21. The SMILES string of the molecule is C/C=C\C=[N+](\C)N. The van der Waals surface area contributed by atoms with E-state index in [4.69, 9.17) is 5.84 Å². The third kappa shape index (κ3) is 5.21. The highest BCUT2D eigenvalue weighted by Gasteiger charge is 1.71. The molecular weight excluding hydrogens is 88.1 g/mol. The quantitative estimate of drug-likeness (QED) is 0.215. The lowest BCUT2D eigenvalue weighted by Gasteiger charge is -1.74. The summed E-state index contributed by atoms with van der Waals surface area (Å²) >= 11 is 0. The van der Waals surface area contributed by atoms with E-state index in [1.54, 1.807) is 13.3 Å². The van der Waals surface area contributed by atoms with Gasteiger partial charge in [-0.15, -0.1) is 4.68 Å². The zero-order valence-corrected chi connectivity index (χ0v) is 4.76. The predicted octanol–water partition coefficient (Wildman–Crippen LogP) is 0.149. The highest BCUT2D eigenvalue weighted by Crippen LogP contribution is 1.58. The van der Waals surface area contributed by atoms with E-state index in [1.807, 2.05) is 19.1 Å². The molecule has 2 N–H and O–H groups in total. The minimum atomic E-state index is 1.50. The van der Waals surface area contributed by atoms with Gasteiger partial charge in [-0.2, -0.15) is 0 Å². The molecule has 0 heterocycles. The molecule has 0 spiro atoms. The molecule has 0 aromatic heterocycles. The van der Waals surface area contributed by atoms with Crippen molar-refractivity contribution in [3.8, 4) is 0 Å². The Labute approximate surface area is 43.9 Å². The smallest absolute Gasteiger partial charge is 0.192 e. The third-order valence-electron chi connectivity index (χ3n) is 0.514. The lowest BCUT2D eigenvalue weighted by molar-refractivity contribution is -0.503. The van der Waals surface area contributed by atoms with Crippen LogP contribution in [-0.2, 0) is 0 Å². The van der Waals surface area contributed by atoms with Gasteiger partial charge in [-0.05, 0) is 13.0 Å². The van der Waals surface area contributed by atoms with Crippen molar-refractivity contribution >= 4 is 6.21 Å². The Morgan fingerprint density at radius 3 is 2.29 bits per heavy atom. The maximum atomic E-state index is 5.20. The van der Waals surface area contributed by atoms with Crippen LogP contribution in [0.2, 0.25) is 0 Å². The van der Waals surface area contributed by atoms with Crippen LogP contribution in [0.4, 0.5) is 0 Å². The summed E-state index contributed by atoms with van der Waals surface area (Å²) in [7, 11) is 1.78. The lowest BCUT2D eigenvalue weighted by Crippen LogP contribution is -2.13. The highest BCUT2D eigenvalue weighted by molar-refractivity contribution is 5.65. The van der Waals surface area contributed by atoms with Gasteiger partial charge in [0.05, 0.1) is 0 Å².